The number of benzene rings is 2. The van der Waals surface area contributed by atoms with Crippen molar-refractivity contribution in [2.24, 2.45) is 5.92 Å². The molecular formula is C32H39BN4O7. The zero-order valence-corrected chi connectivity index (χ0v) is 25.1. The molecule has 2 amide bonds. The number of carbonyl (C=O) groups excluding carboxylic acids is 3. The summed E-state index contributed by atoms with van der Waals surface area (Å²) in [5, 5.41) is 25.1. The Morgan fingerprint density at radius 1 is 0.932 bits per heavy atom. The molecule has 232 valence electrons. The molecule has 0 spiro atoms. The van der Waals surface area contributed by atoms with Crippen LogP contribution in [0.2, 0.25) is 0 Å². The quantitative estimate of drug-likeness (QED) is 0.322. The first-order valence-electron chi connectivity index (χ1n) is 14.9. The summed E-state index contributed by atoms with van der Waals surface area (Å²) in [6.07, 6.45) is 5.23. The van der Waals surface area contributed by atoms with Crippen molar-refractivity contribution in [1.29, 1.82) is 0 Å². The lowest BCUT2D eigenvalue weighted by Gasteiger charge is -2.24. The highest BCUT2D eigenvalue weighted by atomic mass is 16.5. The molecule has 11 nitrogen and oxygen atoms in total. The predicted molar refractivity (Wildman–Crippen MR) is 164 cm³/mol. The minimum Gasteiger partial charge on any atom is -0.494 e. The third kappa shape index (κ3) is 9.89. The standard InChI is InChI=1S/C32H39BN4O7/c1-21(2)17-30(33(41)42)37-31(39)26-18-23-7-12-25(13-8-23)44-16-4-3-15-43-24-10-5-22(6-11-24)9-14-29(38)27-19-34-20-28(35-27)32(40)36-26/h5-8,10-13,19-21,26,30,41-42H,3-4,9,14-18H2,1-2H3,(H,36,40)(H,37,39)/t26-,30+/m1/s1. The van der Waals surface area contributed by atoms with E-state index in [1.807, 2.05) is 38.1 Å². The molecule has 0 unspecified atom stereocenters. The molecule has 44 heavy (non-hydrogen) atoms. The smallest absolute Gasteiger partial charge is 0.475 e. The van der Waals surface area contributed by atoms with Crippen molar-refractivity contribution >= 4 is 24.7 Å². The van der Waals surface area contributed by atoms with Crippen LogP contribution in [0.25, 0.3) is 0 Å². The van der Waals surface area contributed by atoms with Gasteiger partial charge in [-0.25, -0.2) is 4.98 Å². The number of Topliss-reactive ketones (excluding diaryl/α,β-unsaturated/α-hetero) is 1. The molecule has 0 fully saturated rings. The summed E-state index contributed by atoms with van der Waals surface area (Å²) in [6, 6.07) is 13.7. The van der Waals surface area contributed by atoms with Gasteiger partial charge < -0.3 is 30.2 Å². The summed E-state index contributed by atoms with van der Waals surface area (Å²) in [5.74, 6) is -0.984. The van der Waals surface area contributed by atoms with Crippen LogP contribution >= 0.6 is 0 Å². The summed E-state index contributed by atoms with van der Waals surface area (Å²) in [5.41, 5.74) is 1.63. The van der Waals surface area contributed by atoms with Crippen LogP contribution in [0.5, 0.6) is 11.5 Å². The van der Waals surface area contributed by atoms with E-state index in [0.29, 0.717) is 31.8 Å². The van der Waals surface area contributed by atoms with Gasteiger partial charge in [0.15, 0.2) is 5.78 Å². The van der Waals surface area contributed by atoms with Crippen LogP contribution in [0.3, 0.4) is 0 Å². The Hall–Kier alpha value is -4.29. The first-order chi connectivity index (χ1) is 21.2. The number of nitrogens with zero attached hydrogens (tertiary/aromatic N) is 2. The number of amides is 2. The number of hydrogen-bond acceptors (Lipinski definition) is 9. The van der Waals surface area contributed by atoms with Gasteiger partial charge in [0, 0.05) is 12.8 Å². The first kappa shape index (κ1) is 32.6. The largest absolute Gasteiger partial charge is 0.494 e. The number of ketones is 1. The SMILES string of the molecule is CC(C)C[C@H](NC(=O)[C@H]1Cc2ccc(cc2)OCCCCOc2ccc(cc2)CCC(=O)c2cncc(n2)C(=O)N1)B(O)O. The fourth-order valence-corrected chi connectivity index (χ4v) is 4.78. The molecule has 0 saturated carbocycles. The van der Waals surface area contributed by atoms with E-state index in [4.69, 9.17) is 9.47 Å². The molecule has 0 radical (unpaired) electrons. The number of carbonyl (C=O) groups is 3. The Morgan fingerprint density at radius 3 is 2.11 bits per heavy atom. The van der Waals surface area contributed by atoms with Crippen LogP contribution in [0.1, 0.15) is 71.6 Å². The Bertz CT molecular complexity index is 1400. The van der Waals surface area contributed by atoms with E-state index in [0.717, 1.165) is 29.7 Å². The van der Waals surface area contributed by atoms with Gasteiger partial charge in [0.2, 0.25) is 5.91 Å². The molecule has 6 bridgehead atoms. The second-order valence-corrected chi connectivity index (χ2v) is 11.3. The van der Waals surface area contributed by atoms with Gasteiger partial charge in [-0.3, -0.25) is 19.4 Å². The molecule has 4 N–H and O–H groups in total. The number of hydrogen-bond donors (Lipinski definition) is 4. The van der Waals surface area contributed by atoms with Crippen molar-refractivity contribution in [3.05, 3.63) is 83.4 Å². The molecule has 2 aromatic carbocycles. The van der Waals surface area contributed by atoms with Crippen molar-refractivity contribution in [3.8, 4) is 11.5 Å². The van der Waals surface area contributed by atoms with Crippen molar-refractivity contribution < 1.29 is 33.9 Å². The van der Waals surface area contributed by atoms with Crippen molar-refractivity contribution in [1.82, 2.24) is 20.6 Å². The van der Waals surface area contributed by atoms with E-state index in [9.17, 15) is 24.4 Å². The Morgan fingerprint density at radius 2 is 1.52 bits per heavy atom. The zero-order chi connectivity index (χ0) is 31.5. The second-order valence-electron chi connectivity index (χ2n) is 11.3. The highest BCUT2D eigenvalue weighted by molar-refractivity contribution is 6.43. The van der Waals surface area contributed by atoms with Gasteiger partial charge in [-0.05, 0) is 67.0 Å². The molecule has 12 heteroatoms. The van der Waals surface area contributed by atoms with Crippen LogP contribution in [-0.2, 0) is 17.6 Å². The average molecular weight is 602 g/mol. The lowest BCUT2D eigenvalue weighted by molar-refractivity contribution is -0.123. The van der Waals surface area contributed by atoms with E-state index in [1.54, 1.807) is 24.3 Å². The number of aryl methyl sites for hydroxylation is 1. The van der Waals surface area contributed by atoms with Gasteiger partial charge in [-0.2, -0.15) is 0 Å². The number of nitrogens with one attached hydrogen (secondary N) is 2. The molecule has 7 rings (SSSR count). The minimum atomic E-state index is -1.78. The maximum absolute atomic E-state index is 13.4. The van der Waals surface area contributed by atoms with Gasteiger partial charge in [-0.1, -0.05) is 38.1 Å². The summed E-state index contributed by atoms with van der Waals surface area (Å²) >= 11 is 0. The topological polar surface area (TPSA) is 160 Å². The third-order valence-electron chi connectivity index (χ3n) is 7.19. The van der Waals surface area contributed by atoms with Gasteiger partial charge in [0.05, 0.1) is 31.5 Å². The average Bonchev–Trinajstić information content (AvgIpc) is 3.01. The molecule has 1 aromatic heterocycles. The maximum atomic E-state index is 13.4. The highest BCUT2D eigenvalue weighted by Gasteiger charge is 2.30. The fraction of sp³-hybridized carbons (Fsp3) is 0.406. The van der Waals surface area contributed by atoms with E-state index < -0.39 is 30.9 Å². The van der Waals surface area contributed by atoms with E-state index in [-0.39, 0.29) is 35.9 Å². The minimum absolute atomic E-state index is 0.0454. The number of aromatic nitrogens is 2. The van der Waals surface area contributed by atoms with Crippen LogP contribution in [0, 0.1) is 5.92 Å². The van der Waals surface area contributed by atoms with Crippen LogP contribution in [0.15, 0.2) is 60.9 Å². The molecule has 0 saturated heterocycles. The fourth-order valence-electron chi connectivity index (χ4n) is 4.78. The predicted octanol–water partition coefficient (Wildman–Crippen LogP) is 2.73. The van der Waals surface area contributed by atoms with Crippen LogP contribution in [-0.4, -0.2) is 69.9 Å². The zero-order valence-electron chi connectivity index (χ0n) is 25.1. The van der Waals surface area contributed by atoms with Crippen LogP contribution < -0.4 is 20.1 Å². The molecule has 5 heterocycles. The number of ether oxygens (including phenoxy) is 2. The van der Waals surface area contributed by atoms with Gasteiger partial charge >= 0.3 is 7.12 Å². The Kier molecular flexibility index (Phi) is 11.8. The molecular weight excluding hydrogens is 563 g/mol. The maximum Gasteiger partial charge on any atom is 0.475 e. The van der Waals surface area contributed by atoms with E-state index in [2.05, 4.69) is 20.6 Å². The van der Waals surface area contributed by atoms with E-state index >= 15 is 0 Å². The highest BCUT2D eigenvalue weighted by Crippen LogP contribution is 2.17. The van der Waals surface area contributed by atoms with Gasteiger partial charge in [-0.15, -0.1) is 0 Å². The molecule has 0 aliphatic carbocycles. The Labute approximate surface area is 257 Å². The summed E-state index contributed by atoms with van der Waals surface area (Å²) in [6.45, 7) is 4.86. The van der Waals surface area contributed by atoms with Gasteiger partial charge in [0.25, 0.3) is 5.91 Å². The lowest BCUT2D eigenvalue weighted by Crippen LogP contribution is -2.55. The summed E-state index contributed by atoms with van der Waals surface area (Å²) in [4.78, 5) is 47.9. The molecule has 3 aromatic rings. The molecule has 2 atom stereocenters. The second kappa shape index (κ2) is 16.0. The lowest BCUT2D eigenvalue weighted by atomic mass is 9.75. The molecule has 4 aliphatic rings. The monoisotopic (exact) mass is 602 g/mol. The van der Waals surface area contributed by atoms with Crippen LogP contribution in [0.4, 0.5) is 0 Å². The van der Waals surface area contributed by atoms with Gasteiger partial charge in [0.1, 0.15) is 28.9 Å². The van der Waals surface area contributed by atoms with E-state index in [1.165, 1.54) is 12.4 Å². The van der Waals surface area contributed by atoms with Crippen molar-refractivity contribution in [2.45, 2.75) is 64.4 Å². The summed E-state index contributed by atoms with van der Waals surface area (Å²) < 4.78 is 11.7. The number of rotatable bonds is 5. The van der Waals surface area contributed by atoms with Crippen molar-refractivity contribution in [2.75, 3.05) is 13.2 Å². The first-order valence-corrected chi connectivity index (χ1v) is 14.9. The molecule has 4 aliphatic heterocycles. The summed E-state index contributed by atoms with van der Waals surface area (Å²) in [7, 11) is -1.78. The normalized spacial score (nSPS) is 17.2. The van der Waals surface area contributed by atoms with Crippen molar-refractivity contribution in [3.63, 3.8) is 0 Å². The third-order valence-corrected chi connectivity index (χ3v) is 7.19. The Balaban J connectivity index is 1.58.